The lowest BCUT2D eigenvalue weighted by molar-refractivity contribution is 0.0533. The van der Waals surface area contributed by atoms with E-state index in [1.807, 2.05) is 43.5 Å². The molecule has 1 aromatic heterocycles. The Morgan fingerprint density at radius 1 is 1.35 bits per heavy atom. The predicted octanol–water partition coefficient (Wildman–Crippen LogP) is 3.90. The number of esters is 1. The standard InChI is InChI=1S/C14H14O2S/c1-3-16-14(15)13-12(7-8-17-13)11-6-4-5-10(2)9-11/h4-9H,3H2,1-2H3. The Balaban J connectivity index is 2.40. The molecule has 1 aromatic carbocycles. The fourth-order valence-corrected chi connectivity index (χ4v) is 2.51. The molecular formula is C14H14O2S. The third-order valence-electron chi connectivity index (χ3n) is 2.46. The Kier molecular flexibility index (Phi) is 3.59. The zero-order valence-electron chi connectivity index (χ0n) is 9.90. The molecule has 0 amide bonds. The summed E-state index contributed by atoms with van der Waals surface area (Å²) < 4.78 is 5.05. The van der Waals surface area contributed by atoms with Crippen molar-refractivity contribution >= 4 is 17.3 Å². The van der Waals surface area contributed by atoms with E-state index in [0.29, 0.717) is 11.5 Å². The van der Waals surface area contributed by atoms with Crippen molar-refractivity contribution in [3.8, 4) is 11.1 Å². The Hall–Kier alpha value is -1.61. The van der Waals surface area contributed by atoms with Crippen LogP contribution in [0.1, 0.15) is 22.2 Å². The summed E-state index contributed by atoms with van der Waals surface area (Å²) in [5, 5.41) is 1.92. The number of rotatable bonds is 3. The van der Waals surface area contributed by atoms with Gasteiger partial charge in [-0.2, -0.15) is 0 Å². The number of carbonyl (C=O) groups is 1. The molecule has 17 heavy (non-hydrogen) atoms. The molecule has 0 radical (unpaired) electrons. The molecule has 2 nitrogen and oxygen atoms in total. The Bertz CT molecular complexity index is 529. The van der Waals surface area contributed by atoms with E-state index >= 15 is 0 Å². The van der Waals surface area contributed by atoms with Crippen molar-refractivity contribution in [2.75, 3.05) is 6.61 Å². The van der Waals surface area contributed by atoms with Gasteiger partial charge >= 0.3 is 5.97 Å². The van der Waals surface area contributed by atoms with Crippen LogP contribution in [0.4, 0.5) is 0 Å². The molecule has 0 spiro atoms. The van der Waals surface area contributed by atoms with Crippen molar-refractivity contribution < 1.29 is 9.53 Å². The monoisotopic (exact) mass is 246 g/mol. The molecule has 88 valence electrons. The van der Waals surface area contributed by atoms with Crippen molar-refractivity contribution in [2.24, 2.45) is 0 Å². The highest BCUT2D eigenvalue weighted by atomic mass is 32.1. The van der Waals surface area contributed by atoms with Crippen LogP contribution in [-0.2, 0) is 4.74 Å². The second kappa shape index (κ2) is 5.15. The third-order valence-corrected chi connectivity index (χ3v) is 3.35. The number of hydrogen-bond acceptors (Lipinski definition) is 3. The lowest BCUT2D eigenvalue weighted by atomic mass is 10.0. The van der Waals surface area contributed by atoms with E-state index in [1.165, 1.54) is 16.9 Å². The van der Waals surface area contributed by atoms with E-state index < -0.39 is 0 Å². The first-order valence-electron chi connectivity index (χ1n) is 5.54. The minimum atomic E-state index is -0.237. The second-order valence-electron chi connectivity index (χ2n) is 3.75. The maximum Gasteiger partial charge on any atom is 0.348 e. The summed E-state index contributed by atoms with van der Waals surface area (Å²) in [5.41, 5.74) is 3.20. The van der Waals surface area contributed by atoms with Crippen molar-refractivity contribution in [1.82, 2.24) is 0 Å². The van der Waals surface area contributed by atoms with Gasteiger partial charge in [0.2, 0.25) is 0 Å². The lowest BCUT2D eigenvalue weighted by Gasteiger charge is -2.04. The normalized spacial score (nSPS) is 10.2. The first-order chi connectivity index (χ1) is 8.22. The summed E-state index contributed by atoms with van der Waals surface area (Å²) in [5.74, 6) is -0.237. The van der Waals surface area contributed by atoms with Gasteiger partial charge in [0.05, 0.1) is 6.61 Å². The first-order valence-corrected chi connectivity index (χ1v) is 6.42. The Labute approximate surface area is 105 Å². The molecule has 0 aliphatic rings. The fourth-order valence-electron chi connectivity index (χ4n) is 1.70. The molecular weight excluding hydrogens is 232 g/mol. The molecule has 0 atom stereocenters. The fraction of sp³-hybridized carbons (Fsp3) is 0.214. The number of carbonyl (C=O) groups excluding carboxylic acids is 1. The van der Waals surface area contributed by atoms with Gasteiger partial charge in [0, 0.05) is 5.56 Å². The number of hydrogen-bond donors (Lipinski definition) is 0. The largest absolute Gasteiger partial charge is 0.462 e. The molecule has 0 saturated carbocycles. The zero-order valence-corrected chi connectivity index (χ0v) is 10.7. The SMILES string of the molecule is CCOC(=O)c1sccc1-c1cccc(C)c1. The minimum Gasteiger partial charge on any atom is -0.462 e. The number of ether oxygens (including phenoxy) is 1. The molecule has 0 bridgehead atoms. The summed E-state index contributed by atoms with van der Waals surface area (Å²) in [6, 6.07) is 10.1. The number of benzene rings is 1. The lowest BCUT2D eigenvalue weighted by Crippen LogP contribution is -2.03. The highest BCUT2D eigenvalue weighted by molar-refractivity contribution is 7.12. The minimum absolute atomic E-state index is 0.237. The van der Waals surface area contributed by atoms with Crippen LogP contribution in [0.3, 0.4) is 0 Å². The second-order valence-corrected chi connectivity index (χ2v) is 4.67. The highest BCUT2D eigenvalue weighted by Crippen LogP contribution is 2.29. The van der Waals surface area contributed by atoms with E-state index in [2.05, 4.69) is 6.07 Å². The van der Waals surface area contributed by atoms with Gasteiger partial charge in [0.25, 0.3) is 0 Å². The molecule has 0 unspecified atom stereocenters. The summed E-state index contributed by atoms with van der Waals surface area (Å²) >= 11 is 1.42. The summed E-state index contributed by atoms with van der Waals surface area (Å²) in [6.45, 7) is 4.27. The average Bonchev–Trinajstić information content (AvgIpc) is 2.78. The van der Waals surface area contributed by atoms with Crippen LogP contribution in [0.5, 0.6) is 0 Å². The molecule has 0 aliphatic heterocycles. The third kappa shape index (κ3) is 2.56. The Morgan fingerprint density at radius 3 is 2.88 bits per heavy atom. The number of thiophene rings is 1. The van der Waals surface area contributed by atoms with Gasteiger partial charge < -0.3 is 4.74 Å². The highest BCUT2D eigenvalue weighted by Gasteiger charge is 2.15. The van der Waals surface area contributed by atoms with Crippen LogP contribution in [0.15, 0.2) is 35.7 Å². The van der Waals surface area contributed by atoms with E-state index in [4.69, 9.17) is 4.74 Å². The van der Waals surface area contributed by atoms with Gasteiger partial charge in [-0.3, -0.25) is 0 Å². The van der Waals surface area contributed by atoms with E-state index in [9.17, 15) is 4.79 Å². The van der Waals surface area contributed by atoms with Crippen molar-refractivity contribution in [2.45, 2.75) is 13.8 Å². The Morgan fingerprint density at radius 2 is 2.18 bits per heavy atom. The molecule has 1 heterocycles. The van der Waals surface area contributed by atoms with E-state index in [0.717, 1.165) is 11.1 Å². The summed E-state index contributed by atoms with van der Waals surface area (Å²) in [4.78, 5) is 12.5. The van der Waals surface area contributed by atoms with E-state index in [-0.39, 0.29) is 5.97 Å². The van der Waals surface area contributed by atoms with Crippen LogP contribution >= 0.6 is 11.3 Å². The maximum absolute atomic E-state index is 11.8. The molecule has 0 saturated heterocycles. The van der Waals surface area contributed by atoms with Crippen molar-refractivity contribution in [3.05, 3.63) is 46.2 Å². The van der Waals surface area contributed by atoms with Gasteiger partial charge in [0.1, 0.15) is 4.88 Å². The topological polar surface area (TPSA) is 26.3 Å². The predicted molar refractivity (Wildman–Crippen MR) is 70.4 cm³/mol. The van der Waals surface area contributed by atoms with Crippen LogP contribution in [0, 0.1) is 6.92 Å². The summed E-state index contributed by atoms with van der Waals surface area (Å²) in [6.07, 6.45) is 0. The molecule has 0 N–H and O–H groups in total. The van der Waals surface area contributed by atoms with Crippen molar-refractivity contribution in [3.63, 3.8) is 0 Å². The van der Waals surface area contributed by atoms with Crippen LogP contribution in [0.2, 0.25) is 0 Å². The quantitative estimate of drug-likeness (QED) is 0.768. The van der Waals surface area contributed by atoms with Crippen LogP contribution in [-0.4, -0.2) is 12.6 Å². The van der Waals surface area contributed by atoms with Gasteiger partial charge in [-0.25, -0.2) is 4.79 Å². The van der Waals surface area contributed by atoms with Crippen LogP contribution in [0.25, 0.3) is 11.1 Å². The zero-order chi connectivity index (χ0) is 12.3. The average molecular weight is 246 g/mol. The van der Waals surface area contributed by atoms with Crippen LogP contribution < -0.4 is 0 Å². The summed E-state index contributed by atoms with van der Waals surface area (Å²) in [7, 11) is 0. The molecule has 0 aliphatic carbocycles. The molecule has 2 aromatic rings. The molecule has 0 fully saturated rings. The maximum atomic E-state index is 11.8. The van der Waals surface area contributed by atoms with E-state index in [1.54, 1.807) is 0 Å². The van der Waals surface area contributed by atoms with Crippen molar-refractivity contribution in [1.29, 1.82) is 0 Å². The van der Waals surface area contributed by atoms with Gasteiger partial charge in [0.15, 0.2) is 0 Å². The smallest absolute Gasteiger partial charge is 0.348 e. The molecule has 3 heteroatoms. The van der Waals surface area contributed by atoms with Gasteiger partial charge in [-0.1, -0.05) is 29.8 Å². The first kappa shape index (κ1) is 11.9. The molecule has 2 rings (SSSR count). The number of aryl methyl sites for hydroxylation is 1. The van der Waals surface area contributed by atoms with Gasteiger partial charge in [-0.15, -0.1) is 11.3 Å². The van der Waals surface area contributed by atoms with Gasteiger partial charge in [-0.05, 0) is 30.9 Å².